The maximum atomic E-state index is 12.3. The summed E-state index contributed by atoms with van der Waals surface area (Å²) in [6, 6.07) is 0. The lowest BCUT2D eigenvalue weighted by molar-refractivity contribution is 0.204. The van der Waals surface area contributed by atoms with Crippen molar-refractivity contribution in [2.75, 3.05) is 13.2 Å². The monoisotopic (exact) mass is 279 g/mol. The second kappa shape index (κ2) is 5.95. The van der Waals surface area contributed by atoms with E-state index in [0.717, 1.165) is 6.42 Å². The number of ether oxygens (including phenoxy) is 1. The van der Waals surface area contributed by atoms with Gasteiger partial charge in [0.2, 0.25) is 0 Å². The van der Waals surface area contributed by atoms with Crippen LogP contribution in [0.3, 0.4) is 0 Å². The fraction of sp³-hybridized carbons (Fsp3) is 0.733. The normalized spacial score (nSPS) is 23.0. The van der Waals surface area contributed by atoms with E-state index in [1.807, 2.05) is 20.8 Å². The molecule has 1 aliphatic carbocycles. The van der Waals surface area contributed by atoms with Crippen molar-refractivity contribution in [1.82, 2.24) is 9.55 Å². The molecule has 0 bridgehead atoms. The van der Waals surface area contributed by atoms with Crippen LogP contribution >= 0.6 is 0 Å². The van der Waals surface area contributed by atoms with E-state index in [9.17, 15) is 4.79 Å². The number of nitrogens with two attached hydrogens (primary N) is 1. The summed E-state index contributed by atoms with van der Waals surface area (Å²) in [5, 5.41) is 0. The lowest BCUT2D eigenvalue weighted by Crippen LogP contribution is -2.35. The van der Waals surface area contributed by atoms with Crippen LogP contribution in [0.1, 0.15) is 40.0 Å². The Morgan fingerprint density at radius 3 is 2.75 bits per heavy atom. The van der Waals surface area contributed by atoms with E-state index in [0.29, 0.717) is 25.0 Å². The molecular weight excluding hydrogens is 254 g/mol. The molecule has 0 aromatic carbocycles. The number of rotatable bonds is 4. The van der Waals surface area contributed by atoms with Gasteiger partial charge in [-0.05, 0) is 52.0 Å². The number of aromatic nitrogens is 2. The molecule has 2 atom stereocenters. The summed E-state index contributed by atoms with van der Waals surface area (Å²) in [6.45, 7) is 7.19. The van der Waals surface area contributed by atoms with E-state index in [4.69, 9.17) is 10.5 Å². The molecule has 1 aliphatic rings. The minimum absolute atomic E-state index is 0.165. The minimum Gasteiger partial charge on any atom is -0.473 e. The van der Waals surface area contributed by atoms with Crippen LogP contribution in [0.15, 0.2) is 17.2 Å². The highest BCUT2D eigenvalue weighted by molar-refractivity contribution is 5.06. The van der Waals surface area contributed by atoms with E-state index < -0.39 is 0 Å². The van der Waals surface area contributed by atoms with Gasteiger partial charge in [-0.1, -0.05) is 6.42 Å². The first-order valence-corrected chi connectivity index (χ1v) is 7.34. The van der Waals surface area contributed by atoms with Crippen LogP contribution < -0.4 is 16.0 Å². The number of hydrogen-bond donors (Lipinski definition) is 1. The van der Waals surface area contributed by atoms with Crippen LogP contribution in [0.5, 0.6) is 5.88 Å². The van der Waals surface area contributed by atoms with Gasteiger partial charge in [0.1, 0.15) is 0 Å². The smallest absolute Gasteiger partial charge is 0.313 e. The highest BCUT2D eigenvalue weighted by Gasteiger charge is 2.27. The summed E-state index contributed by atoms with van der Waals surface area (Å²) >= 11 is 0. The topological polar surface area (TPSA) is 70.1 Å². The van der Waals surface area contributed by atoms with Crippen molar-refractivity contribution >= 4 is 0 Å². The molecule has 1 aromatic heterocycles. The standard InChI is InChI=1S/C15H25N3O2/c1-15(2,3)18-8-7-17-13(14(18)19)20-10-12-6-4-5-11(12)9-16/h7-8,11-12H,4-6,9-10,16H2,1-3H3. The fourth-order valence-corrected chi connectivity index (χ4v) is 2.85. The van der Waals surface area contributed by atoms with E-state index in [1.54, 1.807) is 17.0 Å². The van der Waals surface area contributed by atoms with Gasteiger partial charge in [-0.25, -0.2) is 4.98 Å². The van der Waals surface area contributed by atoms with E-state index in [1.165, 1.54) is 12.8 Å². The molecule has 5 heteroatoms. The molecule has 1 aromatic rings. The molecule has 1 heterocycles. The van der Waals surface area contributed by atoms with Crippen LogP contribution in [-0.2, 0) is 5.54 Å². The third kappa shape index (κ3) is 3.20. The van der Waals surface area contributed by atoms with Gasteiger partial charge in [0.15, 0.2) is 0 Å². The van der Waals surface area contributed by atoms with Crippen LogP contribution in [0, 0.1) is 11.8 Å². The molecule has 5 nitrogen and oxygen atoms in total. The third-order valence-electron chi connectivity index (χ3n) is 4.09. The van der Waals surface area contributed by atoms with Crippen LogP contribution in [-0.4, -0.2) is 22.7 Å². The maximum absolute atomic E-state index is 12.3. The molecule has 20 heavy (non-hydrogen) atoms. The molecular formula is C15H25N3O2. The zero-order valence-electron chi connectivity index (χ0n) is 12.6. The lowest BCUT2D eigenvalue weighted by Gasteiger charge is -2.23. The van der Waals surface area contributed by atoms with E-state index in [-0.39, 0.29) is 17.0 Å². The lowest BCUT2D eigenvalue weighted by atomic mass is 9.97. The quantitative estimate of drug-likeness (QED) is 0.911. The Morgan fingerprint density at radius 2 is 2.10 bits per heavy atom. The molecule has 2 N–H and O–H groups in total. The van der Waals surface area contributed by atoms with Crippen molar-refractivity contribution in [3.05, 3.63) is 22.7 Å². The highest BCUT2D eigenvalue weighted by Crippen LogP contribution is 2.30. The summed E-state index contributed by atoms with van der Waals surface area (Å²) in [4.78, 5) is 16.4. The third-order valence-corrected chi connectivity index (χ3v) is 4.09. The average molecular weight is 279 g/mol. The van der Waals surface area contributed by atoms with Crippen molar-refractivity contribution in [3.63, 3.8) is 0 Å². The van der Waals surface area contributed by atoms with E-state index >= 15 is 0 Å². The summed E-state index contributed by atoms with van der Waals surface area (Å²) in [7, 11) is 0. The zero-order valence-corrected chi connectivity index (χ0v) is 12.6. The molecule has 0 spiro atoms. The molecule has 2 unspecified atom stereocenters. The van der Waals surface area contributed by atoms with Crippen molar-refractivity contribution < 1.29 is 4.74 Å². The Labute approximate surface area is 120 Å². The Hall–Kier alpha value is -1.36. The molecule has 0 radical (unpaired) electrons. The van der Waals surface area contributed by atoms with Gasteiger partial charge >= 0.3 is 5.56 Å². The predicted molar refractivity (Wildman–Crippen MR) is 78.9 cm³/mol. The SMILES string of the molecule is CC(C)(C)n1ccnc(OCC2CCCC2CN)c1=O. The van der Waals surface area contributed by atoms with Gasteiger partial charge in [0.05, 0.1) is 6.61 Å². The van der Waals surface area contributed by atoms with Gasteiger partial charge in [0.25, 0.3) is 5.88 Å². The minimum atomic E-state index is -0.273. The number of hydrogen-bond acceptors (Lipinski definition) is 4. The molecule has 2 rings (SSSR count). The van der Waals surface area contributed by atoms with Gasteiger partial charge in [-0.2, -0.15) is 0 Å². The Balaban J connectivity index is 2.09. The van der Waals surface area contributed by atoms with Gasteiger partial charge in [0, 0.05) is 17.9 Å². The molecule has 0 saturated heterocycles. The summed E-state index contributed by atoms with van der Waals surface area (Å²) < 4.78 is 7.35. The first-order valence-electron chi connectivity index (χ1n) is 7.34. The zero-order chi connectivity index (χ0) is 14.8. The molecule has 0 aliphatic heterocycles. The van der Waals surface area contributed by atoms with Gasteiger partial charge in [-0.15, -0.1) is 0 Å². The Kier molecular flexibility index (Phi) is 4.48. The summed E-state index contributed by atoms with van der Waals surface area (Å²) in [5.41, 5.74) is 5.33. The first-order chi connectivity index (χ1) is 9.43. The summed E-state index contributed by atoms with van der Waals surface area (Å²) in [5.74, 6) is 1.16. The fourth-order valence-electron chi connectivity index (χ4n) is 2.85. The second-order valence-electron chi connectivity index (χ2n) is 6.58. The highest BCUT2D eigenvalue weighted by atomic mass is 16.5. The molecule has 0 amide bonds. The predicted octanol–water partition coefficient (Wildman–Crippen LogP) is 1.75. The van der Waals surface area contributed by atoms with Crippen molar-refractivity contribution in [2.45, 2.75) is 45.6 Å². The second-order valence-corrected chi connectivity index (χ2v) is 6.58. The van der Waals surface area contributed by atoms with Crippen molar-refractivity contribution in [2.24, 2.45) is 17.6 Å². The molecule has 112 valence electrons. The molecule has 1 saturated carbocycles. The summed E-state index contributed by atoms with van der Waals surface area (Å²) in [6.07, 6.45) is 6.82. The van der Waals surface area contributed by atoms with Gasteiger partial charge < -0.3 is 15.0 Å². The van der Waals surface area contributed by atoms with Crippen LogP contribution in [0.25, 0.3) is 0 Å². The Morgan fingerprint density at radius 1 is 1.40 bits per heavy atom. The number of nitrogens with zero attached hydrogens (tertiary/aromatic N) is 2. The Bertz CT molecular complexity index is 505. The van der Waals surface area contributed by atoms with Crippen LogP contribution in [0.2, 0.25) is 0 Å². The average Bonchev–Trinajstić information content (AvgIpc) is 2.83. The first kappa shape index (κ1) is 15.0. The van der Waals surface area contributed by atoms with E-state index in [2.05, 4.69) is 4.98 Å². The maximum Gasteiger partial charge on any atom is 0.313 e. The molecule has 1 fully saturated rings. The van der Waals surface area contributed by atoms with Crippen LogP contribution in [0.4, 0.5) is 0 Å². The van der Waals surface area contributed by atoms with Crippen molar-refractivity contribution in [3.8, 4) is 5.88 Å². The van der Waals surface area contributed by atoms with Crippen molar-refractivity contribution in [1.29, 1.82) is 0 Å². The largest absolute Gasteiger partial charge is 0.473 e. The van der Waals surface area contributed by atoms with Gasteiger partial charge in [-0.3, -0.25) is 4.79 Å².